The summed E-state index contributed by atoms with van der Waals surface area (Å²) in [6.07, 6.45) is 0. The predicted molar refractivity (Wildman–Crippen MR) is 76.7 cm³/mol. The van der Waals surface area contributed by atoms with Gasteiger partial charge in [-0.05, 0) is 24.3 Å². The van der Waals surface area contributed by atoms with Gasteiger partial charge in [0.2, 0.25) is 5.91 Å². The molecule has 2 heterocycles. The second-order valence-electron chi connectivity index (χ2n) is 4.41. The third-order valence-electron chi connectivity index (χ3n) is 3.20. The zero-order chi connectivity index (χ0) is 14.1. The normalized spacial score (nSPS) is 17.9. The molecular formula is C13H13N3O3S. The van der Waals surface area contributed by atoms with Gasteiger partial charge in [0.05, 0.1) is 18.4 Å². The molecule has 3 rings (SSSR count). The Labute approximate surface area is 120 Å². The number of rotatable bonds is 2. The lowest BCUT2D eigenvalue weighted by atomic mass is 10.2. The van der Waals surface area contributed by atoms with Gasteiger partial charge in [-0.15, -0.1) is 0 Å². The first-order valence-electron chi connectivity index (χ1n) is 6.10. The van der Waals surface area contributed by atoms with Crippen molar-refractivity contribution in [1.29, 1.82) is 0 Å². The lowest BCUT2D eigenvalue weighted by Crippen LogP contribution is -2.45. The van der Waals surface area contributed by atoms with Crippen LogP contribution in [0.25, 0.3) is 0 Å². The smallest absolute Gasteiger partial charge is 0.337 e. The van der Waals surface area contributed by atoms with Gasteiger partial charge in [0.1, 0.15) is 13.3 Å². The van der Waals surface area contributed by atoms with Crippen molar-refractivity contribution in [3.8, 4) is 0 Å². The molecule has 0 N–H and O–H groups in total. The van der Waals surface area contributed by atoms with E-state index in [0.717, 1.165) is 10.9 Å². The van der Waals surface area contributed by atoms with Crippen LogP contribution in [0.2, 0.25) is 0 Å². The number of thioether (sulfide) groups is 1. The molecule has 6 nitrogen and oxygen atoms in total. The van der Waals surface area contributed by atoms with Crippen molar-refractivity contribution >= 4 is 34.5 Å². The molecule has 20 heavy (non-hydrogen) atoms. The summed E-state index contributed by atoms with van der Waals surface area (Å²) in [5.41, 5.74) is 1.43. The van der Waals surface area contributed by atoms with Crippen LogP contribution < -0.4 is 4.90 Å². The van der Waals surface area contributed by atoms with E-state index < -0.39 is 0 Å². The zero-order valence-corrected chi connectivity index (χ0v) is 11.7. The largest absolute Gasteiger partial charge is 0.465 e. The molecular weight excluding hydrogens is 278 g/mol. The Hall–Kier alpha value is -2.02. The summed E-state index contributed by atoms with van der Waals surface area (Å²) in [5, 5.41) is 0.803. The van der Waals surface area contributed by atoms with Gasteiger partial charge in [-0.25, -0.2) is 9.79 Å². The van der Waals surface area contributed by atoms with Gasteiger partial charge in [0.15, 0.2) is 5.17 Å². The molecule has 0 radical (unpaired) electrons. The number of aliphatic imine (C=N–C) groups is 1. The molecule has 0 unspecified atom stereocenters. The van der Waals surface area contributed by atoms with E-state index in [4.69, 9.17) is 0 Å². The minimum atomic E-state index is -0.360. The first-order chi connectivity index (χ1) is 9.69. The molecule has 0 aliphatic carbocycles. The molecule has 0 atom stereocenters. The highest BCUT2D eigenvalue weighted by Gasteiger charge is 2.32. The Morgan fingerprint density at radius 3 is 2.80 bits per heavy atom. The lowest BCUT2D eigenvalue weighted by molar-refractivity contribution is -0.124. The van der Waals surface area contributed by atoms with Crippen LogP contribution in [0.1, 0.15) is 10.4 Å². The van der Waals surface area contributed by atoms with Gasteiger partial charge in [-0.3, -0.25) is 9.69 Å². The lowest BCUT2D eigenvalue weighted by Gasteiger charge is -2.32. The van der Waals surface area contributed by atoms with E-state index in [-0.39, 0.29) is 11.9 Å². The standard InChI is InChI=1S/C13H13N3O3S/c1-19-12(18)9-2-4-10(5-3-9)15-7-14-13-16(8-15)11(17)6-20-13/h2-5H,6-8H2,1H3. The van der Waals surface area contributed by atoms with Crippen LogP contribution in [-0.2, 0) is 9.53 Å². The monoisotopic (exact) mass is 291 g/mol. The van der Waals surface area contributed by atoms with Crippen LogP contribution in [0.15, 0.2) is 29.3 Å². The zero-order valence-electron chi connectivity index (χ0n) is 10.9. The average Bonchev–Trinajstić information content (AvgIpc) is 2.87. The minimum Gasteiger partial charge on any atom is -0.465 e. The van der Waals surface area contributed by atoms with Gasteiger partial charge in [-0.1, -0.05) is 11.8 Å². The van der Waals surface area contributed by atoms with E-state index in [1.165, 1.54) is 18.9 Å². The summed E-state index contributed by atoms with van der Waals surface area (Å²) in [4.78, 5) is 31.1. The van der Waals surface area contributed by atoms with E-state index in [1.54, 1.807) is 17.0 Å². The molecule has 1 aromatic rings. The number of benzene rings is 1. The molecule has 2 aliphatic rings. The Kier molecular flexibility index (Phi) is 3.35. The number of methoxy groups -OCH3 is 1. The first-order valence-corrected chi connectivity index (χ1v) is 7.08. The van der Waals surface area contributed by atoms with Crippen molar-refractivity contribution in [1.82, 2.24) is 4.90 Å². The van der Waals surface area contributed by atoms with Crippen LogP contribution in [0.3, 0.4) is 0 Å². The molecule has 7 heteroatoms. The van der Waals surface area contributed by atoms with Crippen LogP contribution >= 0.6 is 11.8 Å². The van der Waals surface area contributed by atoms with Gasteiger partial charge in [-0.2, -0.15) is 0 Å². The first kappa shape index (κ1) is 13.0. The number of hydrogen-bond acceptors (Lipinski definition) is 6. The average molecular weight is 291 g/mol. The molecule has 0 saturated carbocycles. The maximum absolute atomic E-state index is 11.7. The van der Waals surface area contributed by atoms with Crippen molar-refractivity contribution in [3.05, 3.63) is 29.8 Å². The second kappa shape index (κ2) is 5.16. The van der Waals surface area contributed by atoms with Crippen molar-refractivity contribution in [2.45, 2.75) is 0 Å². The number of esters is 1. The Morgan fingerprint density at radius 1 is 1.35 bits per heavy atom. The SMILES string of the molecule is COC(=O)c1ccc(N2CN=C3SCC(=O)N3C2)cc1. The highest BCUT2D eigenvalue weighted by atomic mass is 32.2. The Bertz CT molecular complexity index is 585. The van der Waals surface area contributed by atoms with Gasteiger partial charge < -0.3 is 9.64 Å². The van der Waals surface area contributed by atoms with Gasteiger partial charge in [0, 0.05) is 5.69 Å². The van der Waals surface area contributed by atoms with Crippen LogP contribution in [0.5, 0.6) is 0 Å². The number of amides is 1. The second-order valence-corrected chi connectivity index (χ2v) is 5.35. The molecule has 1 fully saturated rings. The number of amidine groups is 1. The summed E-state index contributed by atoms with van der Waals surface area (Å²) in [6, 6.07) is 7.09. The molecule has 1 aromatic carbocycles. The number of nitrogens with zero attached hydrogens (tertiary/aromatic N) is 3. The summed E-state index contributed by atoms with van der Waals surface area (Å²) >= 11 is 1.48. The van der Waals surface area contributed by atoms with Crippen molar-refractivity contribution in [2.24, 2.45) is 4.99 Å². The van der Waals surface area contributed by atoms with E-state index in [0.29, 0.717) is 24.7 Å². The van der Waals surface area contributed by atoms with Gasteiger partial charge >= 0.3 is 5.97 Å². The maximum Gasteiger partial charge on any atom is 0.337 e. The predicted octanol–water partition coefficient (Wildman–Crippen LogP) is 1.14. The fourth-order valence-corrected chi connectivity index (χ4v) is 2.98. The summed E-state index contributed by atoms with van der Waals surface area (Å²) in [5.74, 6) is 0.194. The van der Waals surface area contributed by atoms with Crippen molar-refractivity contribution in [3.63, 3.8) is 0 Å². The number of hydrogen-bond donors (Lipinski definition) is 0. The summed E-state index contributed by atoms with van der Waals surface area (Å²) in [7, 11) is 1.35. The molecule has 104 valence electrons. The third kappa shape index (κ3) is 2.24. The number of fused-ring (bicyclic) bond motifs is 1. The molecule has 0 spiro atoms. The highest BCUT2D eigenvalue weighted by molar-refractivity contribution is 8.15. The van der Waals surface area contributed by atoms with Crippen LogP contribution in [-0.4, -0.2) is 48.1 Å². The highest BCUT2D eigenvalue weighted by Crippen LogP contribution is 2.25. The summed E-state index contributed by atoms with van der Waals surface area (Å²) in [6.45, 7) is 1.02. The van der Waals surface area contributed by atoms with Gasteiger partial charge in [0.25, 0.3) is 0 Å². The number of carbonyl (C=O) groups is 2. The van der Waals surface area contributed by atoms with Crippen molar-refractivity contribution < 1.29 is 14.3 Å². The van der Waals surface area contributed by atoms with Crippen molar-refractivity contribution in [2.75, 3.05) is 31.1 Å². The topological polar surface area (TPSA) is 62.2 Å². The fourth-order valence-electron chi connectivity index (χ4n) is 2.11. The molecule has 0 aromatic heterocycles. The van der Waals surface area contributed by atoms with Crippen LogP contribution in [0.4, 0.5) is 5.69 Å². The Morgan fingerprint density at radius 2 is 2.10 bits per heavy atom. The summed E-state index contributed by atoms with van der Waals surface area (Å²) < 4.78 is 4.66. The quantitative estimate of drug-likeness (QED) is 0.765. The van der Waals surface area contributed by atoms with E-state index >= 15 is 0 Å². The Balaban J connectivity index is 1.77. The van der Waals surface area contributed by atoms with Crippen LogP contribution in [0, 0.1) is 0 Å². The number of ether oxygens (including phenoxy) is 1. The fraction of sp³-hybridized carbons (Fsp3) is 0.308. The molecule has 2 aliphatic heterocycles. The number of anilines is 1. The maximum atomic E-state index is 11.7. The molecule has 0 bridgehead atoms. The third-order valence-corrected chi connectivity index (χ3v) is 4.20. The number of carbonyl (C=O) groups excluding carboxylic acids is 2. The van der Waals surface area contributed by atoms with E-state index in [1.807, 2.05) is 17.0 Å². The van der Waals surface area contributed by atoms with E-state index in [9.17, 15) is 9.59 Å². The molecule has 1 saturated heterocycles. The minimum absolute atomic E-state index is 0.0876. The van der Waals surface area contributed by atoms with E-state index in [2.05, 4.69) is 9.73 Å². The molecule has 1 amide bonds.